The Kier molecular flexibility index (Phi) is 6.35. The van der Waals surface area contributed by atoms with E-state index in [4.69, 9.17) is 4.74 Å². The molecule has 0 fully saturated rings. The molecule has 0 saturated heterocycles. The summed E-state index contributed by atoms with van der Waals surface area (Å²) in [5.41, 5.74) is 3.15. The first kappa shape index (κ1) is 23.1. The molecule has 2 nitrogen and oxygen atoms in total. The van der Waals surface area contributed by atoms with Gasteiger partial charge in [0.15, 0.2) is 0 Å². The molecule has 3 aromatic rings. The predicted octanol–water partition coefficient (Wildman–Crippen LogP) is 7.20. The van der Waals surface area contributed by atoms with Crippen molar-refractivity contribution in [2.45, 2.75) is 45.0 Å². The van der Waals surface area contributed by atoms with E-state index >= 15 is 0 Å². The summed E-state index contributed by atoms with van der Waals surface area (Å²) in [4.78, 5) is 0. The molecule has 4 rings (SSSR count). The lowest BCUT2D eigenvalue weighted by Gasteiger charge is -2.32. The fourth-order valence-electron chi connectivity index (χ4n) is 4.15. The summed E-state index contributed by atoms with van der Waals surface area (Å²) in [6, 6.07) is 21.9. The van der Waals surface area contributed by atoms with Gasteiger partial charge in [0, 0.05) is 11.6 Å². The number of nitrogens with one attached hydrogen (secondary N) is 1. The van der Waals surface area contributed by atoms with Crippen LogP contribution in [0.15, 0.2) is 78.9 Å². The minimum atomic E-state index is -4.38. The number of ether oxygens (including phenoxy) is 1. The lowest BCUT2D eigenvalue weighted by Crippen LogP contribution is -2.29. The Morgan fingerprint density at radius 3 is 2.42 bits per heavy atom. The molecule has 1 unspecified atom stereocenters. The van der Waals surface area contributed by atoms with Crippen LogP contribution in [0.25, 0.3) is 5.57 Å². The monoisotopic (exact) mass is 451 g/mol. The van der Waals surface area contributed by atoms with Gasteiger partial charge in [-0.3, -0.25) is 0 Å². The topological polar surface area (TPSA) is 21.3 Å². The highest BCUT2D eigenvalue weighted by Crippen LogP contribution is 2.41. The van der Waals surface area contributed by atoms with Gasteiger partial charge in [0.1, 0.15) is 11.4 Å². The van der Waals surface area contributed by atoms with E-state index in [1.807, 2.05) is 56.3 Å². The van der Waals surface area contributed by atoms with Gasteiger partial charge in [0.05, 0.1) is 5.56 Å². The third-order valence-electron chi connectivity index (χ3n) is 5.87. The number of halogens is 3. The van der Waals surface area contributed by atoms with E-state index in [9.17, 15) is 13.2 Å². The van der Waals surface area contributed by atoms with Crippen molar-refractivity contribution < 1.29 is 17.9 Å². The van der Waals surface area contributed by atoms with Crippen LogP contribution in [0.3, 0.4) is 0 Å². The SMILES string of the molecule is CC(NCCc1ccccc1)c1ccc2c(c1)OC(C)(C)C=C2c1cccc(C(F)(F)F)c1. The van der Waals surface area contributed by atoms with Gasteiger partial charge in [-0.2, -0.15) is 13.2 Å². The second-order valence-electron chi connectivity index (χ2n) is 9.01. The van der Waals surface area contributed by atoms with Gasteiger partial charge in [-0.1, -0.05) is 54.6 Å². The maximum Gasteiger partial charge on any atom is 0.416 e. The molecule has 5 heteroatoms. The van der Waals surface area contributed by atoms with E-state index in [1.165, 1.54) is 17.7 Å². The van der Waals surface area contributed by atoms with Gasteiger partial charge in [-0.25, -0.2) is 0 Å². The smallest absolute Gasteiger partial charge is 0.416 e. The van der Waals surface area contributed by atoms with Crippen molar-refractivity contribution in [1.82, 2.24) is 5.32 Å². The zero-order valence-electron chi connectivity index (χ0n) is 19.0. The molecule has 33 heavy (non-hydrogen) atoms. The zero-order valence-corrected chi connectivity index (χ0v) is 19.0. The van der Waals surface area contributed by atoms with Crippen LogP contribution < -0.4 is 10.1 Å². The van der Waals surface area contributed by atoms with Gasteiger partial charge in [-0.15, -0.1) is 0 Å². The Labute approximate surface area is 193 Å². The fraction of sp³-hybridized carbons (Fsp3) is 0.286. The van der Waals surface area contributed by atoms with Crippen LogP contribution in [0.4, 0.5) is 13.2 Å². The van der Waals surface area contributed by atoms with Gasteiger partial charge >= 0.3 is 6.18 Å². The average Bonchev–Trinajstić information content (AvgIpc) is 2.77. The normalized spacial score (nSPS) is 15.9. The molecule has 0 amide bonds. The van der Waals surface area contributed by atoms with E-state index < -0.39 is 17.3 Å². The van der Waals surface area contributed by atoms with Crippen LogP contribution in [-0.2, 0) is 12.6 Å². The number of rotatable bonds is 6. The second-order valence-corrected chi connectivity index (χ2v) is 9.01. The summed E-state index contributed by atoms with van der Waals surface area (Å²) in [5, 5.41) is 3.55. The first-order valence-electron chi connectivity index (χ1n) is 11.1. The lowest BCUT2D eigenvalue weighted by atomic mass is 9.88. The highest BCUT2D eigenvalue weighted by atomic mass is 19.4. The summed E-state index contributed by atoms with van der Waals surface area (Å²) in [6.07, 6.45) is -1.56. The van der Waals surface area contributed by atoms with Crippen LogP contribution in [0, 0.1) is 0 Å². The average molecular weight is 452 g/mol. The zero-order chi connectivity index (χ0) is 23.6. The number of benzene rings is 3. The molecular weight excluding hydrogens is 423 g/mol. The number of hydrogen-bond acceptors (Lipinski definition) is 2. The van der Waals surface area contributed by atoms with Crippen molar-refractivity contribution >= 4 is 5.57 Å². The molecule has 1 N–H and O–H groups in total. The van der Waals surface area contributed by atoms with Crippen molar-refractivity contribution in [2.75, 3.05) is 6.54 Å². The third kappa shape index (κ3) is 5.48. The van der Waals surface area contributed by atoms with Crippen molar-refractivity contribution in [1.29, 1.82) is 0 Å². The number of alkyl halides is 3. The molecule has 0 aromatic heterocycles. The third-order valence-corrected chi connectivity index (χ3v) is 5.87. The number of hydrogen-bond donors (Lipinski definition) is 1. The van der Waals surface area contributed by atoms with Crippen molar-refractivity contribution in [3.8, 4) is 5.75 Å². The molecule has 1 heterocycles. The highest BCUT2D eigenvalue weighted by Gasteiger charge is 2.32. The van der Waals surface area contributed by atoms with Crippen LogP contribution in [0.1, 0.15) is 54.6 Å². The van der Waals surface area contributed by atoms with E-state index in [0.717, 1.165) is 35.7 Å². The first-order valence-corrected chi connectivity index (χ1v) is 11.1. The van der Waals surface area contributed by atoms with E-state index in [1.54, 1.807) is 6.07 Å². The quantitative estimate of drug-likeness (QED) is 0.428. The van der Waals surface area contributed by atoms with E-state index in [0.29, 0.717) is 11.3 Å². The summed E-state index contributed by atoms with van der Waals surface area (Å²) in [7, 11) is 0. The number of fused-ring (bicyclic) bond motifs is 1. The highest BCUT2D eigenvalue weighted by molar-refractivity contribution is 5.85. The molecule has 1 aliphatic rings. The Bertz CT molecular complexity index is 1150. The second kappa shape index (κ2) is 9.06. The maximum atomic E-state index is 13.3. The van der Waals surface area contributed by atoms with Crippen LogP contribution in [-0.4, -0.2) is 12.1 Å². The van der Waals surface area contributed by atoms with Crippen LogP contribution >= 0.6 is 0 Å². The van der Waals surface area contributed by atoms with Crippen molar-refractivity contribution in [3.63, 3.8) is 0 Å². The summed E-state index contributed by atoms with van der Waals surface area (Å²) in [6.45, 7) is 6.77. The predicted molar refractivity (Wildman–Crippen MR) is 126 cm³/mol. The van der Waals surface area contributed by atoms with Crippen LogP contribution in [0.5, 0.6) is 5.75 Å². The van der Waals surface area contributed by atoms with Gasteiger partial charge < -0.3 is 10.1 Å². The molecule has 1 atom stereocenters. The Balaban J connectivity index is 1.57. The molecular formula is C28H28F3NO. The van der Waals surface area contributed by atoms with Crippen molar-refractivity contribution in [2.24, 2.45) is 0 Å². The molecule has 1 aliphatic heterocycles. The summed E-state index contributed by atoms with van der Waals surface area (Å²) in [5.74, 6) is 0.684. The minimum absolute atomic E-state index is 0.105. The van der Waals surface area contributed by atoms with Gasteiger partial charge in [0.2, 0.25) is 0 Å². The lowest BCUT2D eigenvalue weighted by molar-refractivity contribution is -0.137. The van der Waals surface area contributed by atoms with E-state index in [-0.39, 0.29) is 6.04 Å². The van der Waals surface area contributed by atoms with Gasteiger partial charge in [-0.05, 0) is 80.3 Å². The standard InChI is InChI=1S/C28H28F3NO/c1-19(32-15-14-20-8-5-4-6-9-20)21-12-13-24-25(18-27(2,3)33-26(24)17-21)22-10-7-11-23(16-22)28(29,30)31/h4-13,16-19,32H,14-15H2,1-3H3. The minimum Gasteiger partial charge on any atom is -0.483 e. The molecule has 3 aromatic carbocycles. The molecule has 0 spiro atoms. The van der Waals surface area contributed by atoms with Crippen molar-refractivity contribution in [3.05, 3.63) is 107 Å². The summed E-state index contributed by atoms with van der Waals surface area (Å²) < 4.78 is 46.1. The Morgan fingerprint density at radius 1 is 0.939 bits per heavy atom. The first-order chi connectivity index (χ1) is 15.6. The molecule has 0 aliphatic carbocycles. The fourth-order valence-corrected chi connectivity index (χ4v) is 4.15. The van der Waals surface area contributed by atoms with Crippen LogP contribution in [0.2, 0.25) is 0 Å². The van der Waals surface area contributed by atoms with Gasteiger partial charge in [0.25, 0.3) is 0 Å². The molecule has 0 bridgehead atoms. The summed E-state index contributed by atoms with van der Waals surface area (Å²) >= 11 is 0. The Morgan fingerprint density at radius 2 is 1.70 bits per heavy atom. The molecule has 0 radical (unpaired) electrons. The largest absolute Gasteiger partial charge is 0.483 e. The molecule has 0 saturated carbocycles. The molecule has 172 valence electrons. The van der Waals surface area contributed by atoms with E-state index in [2.05, 4.69) is 24.4 Å². The Hall–Kier alpha value is -3.05. The maximum absolute atomic E-state index is 13.3.